The van der Waals surface area contributed by atoms with Gasteiger partial charge < -0.3 is 0 Å². The van der Waals surface area contributed by atoms with Crippen LogP contribution in [0.1, 0.15) is 17.2 Å². The largest absolute Gasteiger partial charge is 0.297 e. The zero-order chi connectivity index (χ0) is 17.5. The molecule has 0 N–H and O–H groups in total. The van der Waals surface area contributed by atoms with E-state index in [1.165, 1.54) is 17.7 Å². The summed E-state index contributed by atoms with van der Waals surface area (Å²) in [6, 6.07) is 17.4. The van der Waals surface area contributed by atoms with Gasteiger partial charge in [0.1, 0.15) is 12.4 Å². The lowest BCUT2D eigenvalue weighted by Gasteiger charge is -2.39. The first-order chi connectivity index (χ1) is 12.3. The maximum Gasteiger partial charge on any atom is 0.123 e. The van der Waals surface area contributed by atoms with Gasteiger partial charge in [-0.1, -0.05) is 54.6 Å². The van der Waals surface area contributed by atoms with Crippen LogP contribution in [0.15, 0.2) is 66.7 Å². The van der Waals surface area contributed by atoms with E-state index in [9.17, 15) is 9.50 Å². The van der Waals surface area contributed by atoms with Gasteiger partial charge in [0.2, 0.25) is 0 Å². The fourth-order valence-electron chi connectivity index (χ4n) is 3.39. The van der Waals surface area contributed by atoms with Gasteiger partial charge in [0.15, 0.2) is 0 Å². The molecule has 0 saturated carbocycles. The average molecular weight is 339 g/mol. The van der Waals surface area contributed by atoms with Gasteiger partial charge in [0, 0.05) is 32.7 Å². The van der Waals surface area contributed by atoms with Gasteiger partial charge in [-0.25, -0.2) is 9.50 Å². The summed E-state index contributed by atoms with van der Waals surface area (Å²) in [4.78, 5) is 4.81. The summed E-state index contributed by atoms with van der Waals surface area (Å²) in [7, 11) is 0. The Labute approximate surface area is 149 Å². The number of halogens is 1. The minimum atomic E-state index is -0.203. The SMILES string of the molecule is [O]C/C=C/CN1CCN([C@H](c2ccccc2)c2ccc(F)cc2)CC1. The summed E-state index contributed by atoms with van der Waals surface area (Å²) >= 11 is 0. The average Bonchev–Trinajstić information content (AvgIpc) is 2.66. The first-order valence-corrected chi connectivity index (χ1v) is 8.78. The maximum atomic E-state index is 13.3. The molecule has 131 valence electrons. The molecule has 25 heavy (non-hydrogen) atoms. The Morgan fingerprint density at radius 1 is 0.880 bits per heavy atom. The number of nitrogens with zero attached hydrogens (tertiary/aromatic N) is 2. The van der Waals surface area contributed by atoms with Crippen molar-refractivity contribution in [2.75, 3.05) is 39.3 Å². The second kappa shape index (κ2) is 8.90. The molecule has 1 atom stereocenters. The van der Waals surface area contributed by atoms with Crippen molar-refractivity contribution in [2.24, 2.45) is 0 Å². The van der Waals surface area contributed by atoms with Gasteiger partial charge in [-0.15, -0.1) is 0 Å². The van der Waals surface area contributed by atoms with Gasteiger partial charge in [-0.3, -0.25) is 9.80 Å². The predicted octanol–water partition coefficient (Wildman–Crippen LogP) is 3.52. The molecule has 1 heterocycles. The lowest BCUT2D eigenvalue weighted by molar-refractivity contribution is 0.117. The number of hydrogen-bond donors (Lipinski definition) is 0. The van der Waals surface area contributed by atoms with E-state index in [2.05, 4.69) is 34.1 Å². The summed E-state index contributed by atoms with van der Waals surface area (Å²) in [6.07, 6.45) is 3.63. The van der Waals surface area contributed by atoms with E-state index in [0.717, 1.165) is 38.3 Å². The highest BCUT2D eigenvalue weighted by molar-refractivity contribution is 5.32. The molecule has 0 unspecified atom stereocenters. The van der Waals surface area contributed by atoms with Crippen LogP contribution in [0.25, 0.3) is 0 Å². The molecule has 4 heteroatoms. The summed E-state index contributed by atoms with van der Waals surface area (Å²) < 4.78 is 13.3. The molecule has 0 aliphatic carbocycles. The van der Waals surface area contributed by atoms with Gasteiger partial charge in [-0.2, -0.15) is 0 Å². The van der Waals surface area contributed by atoms with Crippen molar-refractivity contribution in [3.8, 4) is 0 Å². The molecule has 0 spiro atoms. The van der Waals surface area contributed by atoms with Gasteiger partial charge in [0.05, 0.1) is 6.04 Å². The second-order valence-electron chi connectivity index (χ2n) is 6.34. The zero-order valence-corrected chi connectivity index (χ0v) is 14.4. The van der Waals surface area contributed by atoms with Crippen molar-refractivity contribution in [2.45, 2.75) is 6.04 Å². The fraction of sp³-hybridized carbons (Fsp3) is 0.333. The van der Waals surface area contributed by atoms with Crippen LogP contribution in [0.3, 0.4) is 0 Å². The topological polar surface area (TPSA) is 26.4 Å². The molecular formula is C21H24FN2O. The van der Waals surface area contributed by atoms with Gasteiger partial charge >= 0.3 is 0 Å². The molecule has 3 nitrogen and oxygen atoms in total. The summed E-state index contributed by atoms with van der Waals surface area (Å²) in [5.41, 5.74) is 2.35. The monoisotopic (exact) mass is 339 g/mol. The normalized spacial score (nSPS) is 17.8. The number of rotatable bonds is 6. The lowest BCUT2D eigenvalue weighted by atomic mass is 9.96. The molecule has 2 aromatic carbocycles. The van der Waals surface area contributed by atoms with Crippen molar-refractivity contribution < 1.29 is 9.50 Å². The highest BCUT2D eigenvalue weighted by atomic mass is 19.1. The first kappa shape index (κ1) is 17.8. The van der Waals surface area contributed by atoms with Crippen LogP contribution in [0, 0.1) is 5.82 Å². The Hall–Kier alpha value is -2.01. The zero-order valence-electron chi connectivity index (χ0n) is 14.4. The number of hydrogen-bond acceptors (Lipinski definition) is 2. The van der Waals surface area contributed by atoms with Crippen LogP contribution in [-0.2, 0) is 5.11 Å². The minimum Gasteiger partial charge on any atom is -0.297 e. The Bertz CT molecular complexity index is 664. The first-order valence-electron chi connectivity index (χ1n) is 8.78. The van der Waals surface area contributed by atoms with E-state index < -0.39 is 0 Å². The van der Waals surface area contributed by atoms with Crippen LogP contribution in [-0.4, -0.2) is 49.1 Å². The Kier molecular flexibility index (Phi) is 6.34. The smallest absolute Gasteiger partial charge is 0.123 e. The van der Waals surface area contributed by atoms with Crippen molar-refractivity contribution in [1.29, 1.82) is 0 Å². The Balaban J connectivity index is 1.75. The minimum absolute atomic E-state index is 0.140. The summed E-state index contributed by atoms with van der Waals surface area (Å²) in [6.45, 7) is 4.51. The van der Waals surface area contributed by atoms with Crippen LogP contribution in [0.2, 0.25) is 0 Å². The molecule has 1 saturated heterocycles. The third kappa shape index (κ3) is 4.75. The Morgan fingerprint density at radius 3 is 2.16 bits per heavy atom. The van der Waals surface area contributed by atoms with E-state index in [4.69, 9.17) is 0 Å². The molecule has 0 bridgehead atoms. The van der Waals surface area contributed by atoms with Crippen LogP contribution < -0.4 is 0 Å². The van der Waals surface area contributed by atoms with Crippen LogP contribution in [0.5, 0.6) is 0 Å². The molecule has 0 aromatic heterocycles. The summed E-state index contributed by atoms with van der Waals surface area (Å²) in [5.74, 6) is -0.203. The van der Waals surface area contributed by atoms with E-state index in [1.54, 1.807) is 6.08 Å². The second-order valence-corrected chi connectivity index (χ2v) is 6.34. The maximum absolute atomic E-state index is 13.3. The third-order valence-corrected chi connectivity index (χ3v) is 4.70. The summed E-state index contributed by atoms with van der Waals surface area (Å²) in [5, 5.41) is 10.5. The molecular weight excluding hydrogens is 315 g/mol. The molecule has 1 radical (unpaired) electrons. The molecule has 0 amide bonds. The molecule has 1 fully saturated rings. The third-order valence-electron chi connectivity index (χ3n) is 4.70. The molecule has 1 aliphatic rings. The van der Waals surface area contributed by atoms with Gasteiger partial charge in [-0.05, 0) is 23.3 Å². The van der Waals surface area contributed by atoms with Crippen molar-refractivity contribution in [3.63, 3.8) is 0 Å². The standard InChI is InChI=1S/C21H24FN2O/c22-20-10-8-19(9-11-20)21(18-6-2-1-3-7-18)24-15-13-23(14-16-24)12-4-5-17-25/h1-11,21H,12-17H2/b5-4+/t21-/m1/s1. The molecule has 3 rings (SSSR count). The number of piperazine rings is 1. The van der Waals surface area contributed by atoms with Crippen molar-refractivity contribution in [3.05, 3.63) is 83.7 Å². The number of benzene rings is 2. The Morgan fingerprint density at radius 2 is 1.52 bits per heavy atom. The van der Waals surface area contributed by atoms with Crippen LogP contribution >= 0.6 is 0 Å². The van der Waals surface area contributed by atoms with Crippen molar-refractivity contribution in [1.82, 2.24) is 9.80 Å². The predicted molar refractivity (Wildman–Crippen MR) is 97.4 cm³/mol. The highest BCUT2D eigenvalue weighted by Gasteiger charge is 2.25. The lowest BCUT2D eigenvalue weighted by Crippen LogP contribution is -2.47. The van der Waals surface area contributed by atoms with E-state index in [1.807, 2.05) is 24.3 Å². The van der Waals surface area contributed by atoms with E-state index in [0.29, 0.717) is 0 Å². The fourth-order valence-corrected chi connectivity index (χ4v) is 3.39. The highest BCUT2D eigenvalue weighted by Crippen LogP contribution is 2.29. The van der Waals surface area contributed by atoms with Crippen LogP contribution in [0.4, 0.5) is 4.39 Å². The molecule has 1 aliphatic heterocycles. The van der Waals surface area contributed by atoms with Gasteiger partial charge in [0.25, 0.3) is 0 Å². The van der Waals surface area contributed by atoms with E-state index in [-0.39, 0.29) is 18.5 Å². The van der Waals surface area contributed by atoms with E-state index >= 15 is 0 Å². The molecule has 2 aromatic rings. The van der Waals surface area contributed by atoms with Crippen molar-refractivity contribution >= 4 is 0 Å². The quantitative estimate of drug-likeness (QED) is 0.753.